The molecule has 1 aromatic carbocycles. The van der Waals surface area contributed by atoms with Gasteiger partial charge >= 0.3 is 0 Å². The Morgan fingerprint density at radius 3 is 2.88 bits per heavy atom. The lowest BCUT2D eigenvalue weighted by Gasteiger charge is -2.00. The highest BCUT2D eigenvalue weighted by Gasteiger charge is 2.00. The maximum absolute atomic E-state index is 10.6. The molecule has 0 radical (unpaired) electrons. The molecule has 16 heavy (non-hydrogen) atoms. The lowest BCUT2D eigenvalue weighted by atomic mass is 10.1. The first-order valence-corrected chi connectivity index (χ1v) is 4.64. The first-order valence-electron chi connectivity index (χ1n) is 4.64. The van der Waals surface area contributed by atoms with Crippen LogP contribution in [-0.4, -0.2) is 15.9 Å². The van der Waals surface area contributed by atoms with Crippen LogP contribution >= 0.6 is 0 Å². The molecule has 0 aliphatic rings. The maximum Gasteiger partial charge on any atom is 0.241 e. The summed E-state index contributed by atoms with van der Waals surface area (Å²) in [5.74, 6) is -0.0725. The quantitative estimate of drug-likeness (QED) is 0.720. The van der Waals surface area contributed by atoms with Gasteiger partial charge in [-0.2, -0.15) is 0 Å². The summed E-state index contributed by atoms with van der Waals surface area (Å²) >= 11 is 0. The first-order chi connectivity index (χ1) is 7.66. The van der Waals surface area contributed by atoms with Crippen molar-refractivity contribution in [2.45, 2.75) is 0 Å². The van der Waals surface area contributed by atoms with Crippen LogP contribution in [0.5, 0.6) is 0 Å². The minimum Gasteiger partial charge on any atom is -0.383 e. The van der Waals surface area contributed by atoms with Gasteiger partial charge in [-0.1, -0.05) is 6.07 Å². The Bertz CT molecular complexity index is 577. The first kappa shape index (κ1) is 10.1. The van der Waals surface area contributed by atoms with Crippen LogP contribution in [0.1, 0.15) is 5.56 Å². The fourth-order valence-electron chi connectivity index (χ4n) is 1.38. The lowest BCUT2D eigenvalue weighted by Crippen LogP contribution is -2.05. The van der Waals surface area contributed by atoms with Gasteiger partial charge in [-0.25, -0.2) is 9.97 Å². The SMILES string of the molecule is NC(=O)C=Cc1ccc2ncnc(N)c2c1. The molecule has 4 N–H and O–H groups in total. The number of carbonyl (C=O) groups is 1. The highest BCUT2D eigenvalue weighted by molar-refractivity contribution is 5.93. The Morgan fingerprint density at radius 2 is 2.12 bits per heavy atom. The van der Waals surface area contributed by atoms with E-state index in [4.69, 9.17) is 11.5 Å². The number of primary amides is 1. The van der Waals surface area contributed by atoms with Crippen molar-refractivity contribution in [2.75, 3.05) is 5.73 Å². The van der Waals surface area contributed by atoms with Crippen LogP contribution in [0, 0.1) is 0 Å². The summed E-state index contributed by atoms with van der Waals surface area (Å²) in [7, 11) is 0. The summed E-state index contributed by atoms with van der Waals surface area (Å²) in [5, 5.41) is 0.758. The van der Waals surface area contributed by atoms with Crippen LogP contribution in [0.25, 0.3) is 17.0 Å². The Kier molecular flexibility index (Phi) is 2.51. The van der Waals surface area contributed by atoms with Gasteiger partial charge in [-0.3, -0.25) is 4.79 Å². The van der Waals surface area contributed by atoms with E-state index < -0.39 is 5.91 Å². The highest BCUT2D eigenvalue weighted by Crippen LogP contribution is 2.18. The van der Waals surface area contributed by atoms with Gasteiger partial charge in [0.15, 0.2) is 0 Å². The van der Waals surface area contributed by atoms with Crippen LogP contribution in [0.4, 0.5) is 5.82 Å². The van der Waals surface area contributed by atoms with Crippen LogP contribution < -0.4 is 11.5 Å². The molecule has 5 heteroatoms. The molecule has 0 aliphatic heterocycles. The Hall–Kier alpha value is -2.43. The zero-order valence-electron chi connectivity index (χ0n) is 8.42. The maximum atomic E-state index is 10.6. The molecule has 0 atom stereocenters. The number of nitrogen functional groups attached to an aromatic ring is 1. The number of hydrogen-bond donors (Lipinski definition) is 2. The number of amides is 1. The van der Waals surface area contributed by atoms with E-state index in [9.17, 15) is 4.79 Å². The second-order valence-electron chi connectivity index (χ2n) is 3.27. The third-order valence-electron chi connectivity index (χ3n) is 2.13. The van der Waals surface area contributed by atoms with Gasteiger partial charge in [-0.15, -0.1) is 0 Å². The van der Waals surface area contributed by atoms with E-state index in [2.05, 4.69) is 9.97 Å². The fraction of sp³-hybridized carbons (Fsp3) is 0. The van der Waals surface area contributed by atoms with E-state index >= 15 is 0 Å². The van der Waals surface area contributed by atoms with Crippen LogP contribution in [0.15, 0.2) is 30.6 Å². The number of rotatable bonds is 2. The number of carbonyl (C=O) groups excluding carboxylic acids is 1. The predicted octanol–water partition coefficient (Wildman–Crippen LogP) is 0.711. The van der Waals surface area contributed by atoms with E-state index in [1.54, 1.807) is 6.08 Å². The minimum absolute atomic E-state index is 0.416. The van der Waals surface area contributed by atoms with Crippen molar-refractivity contribution in [1.29, 1.82) is 0 Å². The average Bonchev–Trinajstić information content (AvgIpc) is 2.27. The molecule has 1 amide bonds. The number of fused-ring (bicyclic) bond motifs is 1. The molecular formula is C11H10N4O. The van der Waals surface area contributed by atoms with E-state index in [1.807, 2.05) is 18.2 Å². The van der Waals surface area contributed by atoms with Gasteiger partial charge in [0.05, 0.1) is 5.52 Å². The number of aromatic nitrogens is 2. The van der Waals surface area contributed by atoms with Gasteiger partial charge in [0, 0.05) is 11.5 Å². The third-order valence-corrected chi connectivity index (χ3v) is 2.13. The monoisotopic (exact) mass is 214 g/mol. The summed E-state index contributed by atoms with van der Waals surface area (Å²) in [5.41, 5.74) is 12.3. The van der Waals surface area contributed by atoms with Crippen molar-refractivity contribution < 1.29 is 4.79 Å². The number of benzene rings is 1. The van der Waals surface area contributed by atoms with Crippen molar-refractivity contribution in [3.05, 3.63) is 36.2 Å². The summed E-state index contributed by atoms with van der Waals surface area (Å²) in [6, 6.07) is 5.45. The van der Waals surface area contributed by atoms with Gasteiger partial charge in [0.25, 0.3) is 0 Å². The van der Waals surface area contributed by atoms with Crippen LogP contribution in [0.3, 0.4) is 0 Å². The Labute approximate surface area is 91.8 Å². The normalized spacial score (nSPS) is 11.0. The van der Waals surface area contributed by atoms with Crippen molar-refractivity contribution >= 4 is 28.7 Å². The van der Waals surface area contributed by atoms with Gasteiger partial charge in [0.1, 0.15) is 12.1 Å². The molecule has 0 unspecified atom stereocenters. The van der Waals surface area contributed by atoms with Crippen LogP contribution in [-0.2, 0) is 4.79 Å². The molecule has 1 aromatic heterocycles. The van der Waals surface area contributed by atoms with Crippen LogP contribution in [0.2, 0.25) is 0 Å². The molecule has 0 saturated heterocycles. The zero-order valence-corrected chi connectivity index (χ0v) is 8.42. The molecule has 2 rings (SSSR count). The zero-order chi connectivity index (χ0) is 11.5. The minimum atomic E-state index is -0.489. The van der Waals surface area contributed by atoms with E-state index in [1.165, 1.54) is 12.4 Å². The topological polar surface area (TPSA) is 94.9 Å². The van der Waals surface area contributed by atoms with Gasteiger partial charge in [-0.05, 0) is 23.8 Å². The highest BCUT2D eigenvalue weighted by atomic mass is 16.1. The fourth-order valence-corrected chi connectivity index (χ4v) is 1.38. The van der Waals surface area contributed by atoms with E-state index in [0.29, 0.717) is 5.82 Å². The molecule has 0 bridgehead atoms. The number of nitrogens with zero attached hydrogens (tertiary/aromatic N) is 2. The van der Waals surface area contributed by atoms with Crippen molar-refractivity contribution in [3.8, 4) is 0 Å². The molecule has 0 fully saturated rings. The number of anilines is 1. The Morgan fingerprint density at radius 1 is 1.31 bits per heavy atom. The standard InChI is InChI=1S/C11H10N4O/c12-10(16)4-2-7-1-3-9-8(5-7)11(13)15-6-14-9/h1-6H,(H2,12,16)(H2,13,14,15). The Balaban J connectivity index is 2.51. The summed E-state index contributed by atoms with van der Waals surface area (Å²) in [4.78, 5) is 18.6. The van der Waals surface area contributed by atoms with E-state index in [0.717, 1.165) is 16.5 Å². The second kappa shape index (κ2) is 3.98. The summed E-state index contributed by atoms with van der Waals surface area (Å²) < 4.78 is 0. The van der Waals surface area contributed by atoms with Gasteiger partial charge < -0.3 is 11.5 Å². The van der Waals surface area contributed by atoms with Crippen molar-refractivity contribution in [1.82, 2.24) is 9.97 Å². The number of hydrogen-bond acceptors (Lipinski definition) is 4. The molecule has 5 nitrogen and oxygen atoms in total. The molecule has 0 saturated carbocycles. The smallest absolute Gasteiger partial charge is 0.241 e. The molecule has 0 spiro atoms. The molecule has 0 aliphatic carbocycles. The summed E-state index contributed by atoms with van der Waals surface area (Å²) in [6.07, 6.45) is 4.33. The number of nitrogens with two attached hydrogens (primary N) is 2. The largest absolute Gasteiger partial charge is 0.383 e. The molecule has 80 valence electrons. The molecular weight excluding hydrogens is 204 g/mol. The molecule has 2 aromatic rings. The van der Waals surface area contributed by atoms with Gasteiger partial charge in [0.2, 0.25) is 5.91 Å². The van der Waals surface area contributed by atoms with E-state index in [-0.39, 0.29) is 0 Å². The molecule has 1 heterocycles. The third kappa shape index (κ3) is 1.98. The lowest BCUT2D eigenvalue weighted by molar-refractivity contribution is -0.113. The van der Waals surface area contributed by atoms with Crippen molar-refractivity contribution in [3.63, 3.8) is 0 Å². The summed E-state index contributed by atoms with van der Waals surface area (Å²) in [6.45, 7) is 0. The second-order valence-corrected chi connectivity index (χ2v) is 3.27. The predicted molar refractivity (Wildman–Crippen MR) is 62.2 cm³/mol. The average molecular weight is 214 g/mol. The van der Waals surface area contributed by atoms with Crippen molar-refractivity contribution in [2.24, 2.45) is 5.73 Å².